The van der Waals surface area contributed by atoms with Crippen molar-refractivity contribution < 1.29 is 8.42 Å². The molecule has 116 valence electrons. The Hall–Kier alpha value is -1.13. The van der Waals surface area contributed by atoms with Gasteiger partial charge in [0.1, 0.15) is 4.90 Å². The van der Waals surface area contributed by atoms with Gasteiger partial charge in [0.25, 0.3) is 0 Å². The lowest BCUT2D eigenvalue weighted by molar-refractivity contribution is 0.333. The molecule has 1 rings (SSSR count). The molecule has 5 nitrogen and oxygen atoms in total. The van der Waals surface area contributed by atoms with Crippen LogP contribution in [0.25, 0.3) is 0 Å². The van der Waals surface area contributed by atoms with Crippen LogP contribution in [0.4, 0.5) is 0 Å². The van der Waals surface area contributed by atoms with Crippen LogP contribution < -0.4 is 0 Å². The number of benzene rings is 1. The van der Waals surface area contributed by atoms with Gasteiger partial charge in [-0.2, -0.15) is 9.57 Å². The topological polar surface area (TPSA) is 64.4 Å². The molecule has 1 aromatic rings. The summed E-state index contributed by atoms with van der Waals surface area (Å²) in [5.41, 5.74) is 0.280. The first-order valence-electron chi connectivity index (χ1n) is 6.67. The van der Waals surface area contributed by atoms with Gasteiger partial charge in [-0.3, -0.25) is 0 Å². The summed E-state index contributed by atoms with van der Waals surface area (Å²) in [4.78, 5) is 1.92. The molecule has 0 saturated heterocycles. The van der Waals surface area contributed by atoms with Crippen molar-refractivity contribution in [2.45, 2.75) is 18.2 Å². The Morgan fingerprint density at radius 2 is 1.90 bits per heavy atom. The molecule has 0 atom stereocenters. The molecule has 1 aromatic carbocycles. The van der Waals surface area contributed by atoms with E-state index in [1.807, 2.05) is 32.0 Å². The van der Waals surface area contributed by atoms with Gasteiger partial charge in [-0.25, -0.2) is 8.42 Å². The Morgan fingerprint density at radius 1 is 1.24 bits per heavy atom. The second-order valence-corrected chi connectivity index (χ2v) is 7.28. The van der Waals surface area contributed by atoms with Gasteiger partial charge in [-0.05, 0) is 38.7 Å². The minimum Gasteiger partial charge on any atom is -0.308 e. The van der Waals surface area contributed by atoms with E-state index >= 15 is 0 Å². The van der Waals surface area contributed by atoms with Crippen molar-refractivity contribution in [3.63, 3.8) is 0 Å². The number of nitriles is 1. The molecule has 21 heavy (non-hydrogen) atoms. The summed E-state index contributed by atoms with van der Waals surface area (Å²) in [7, 11) is 0.0793. The normalized spacial score (nSPS) is 11.9. The molecule has 0 aromatic heterocycles. The van der Waals surface area contributed by atoms with Crippen LogP contribution in [0, 0.1) is 11.3 Å². The van der Waals surface area contributed by atoms with E-state index in [2.05, 4.69) is 0 Å². The lowest BCUT2D eigenvalue weighted by atomic mass is 10.2. The van der Waals surface area contributed by atoms with Crippen molar-refractivity contribution >= 4 is 21.6 Å². The molecule has 0 aliphatic rings. The van der Waals surface area contributed by atoms with Crippen molar-refractivity contribution in [2.75, 3.05) is 33.7 Å². The van der Waals surface area contributed by atoms with Crippen molar-refractivity contribution in [3.05, 3.63) is 28.8 Å². The fourth-order valence-corrected chi connectivity index (χ4v) is 3.85. The van der Waals surface area contributed by atoms with Crippen LogP contribution in [0.1, 0.15) is 18.9 Å². The van der Waals surface area contributed by atoms with Crippen LogP contribution in [0.2, 0.25) is 5.02 Å². The maximum absolute atomic E-state index is 12.7. The first-order chi connectivity index (χ1) is 9.82. The molecule has 0 radical (unpaired) electrons. The fraction of sp³-hybridized carbons (Fsp3) is 0.500. The van der Waals surface area contributed by atoms with E-state index in [0.29, 0.717) is 26.1 Å². The predicted molar refractivity (Wildman–Crippen MR) is 83.8 cm³/mol. The third-order valence-electron chi connectivity index (χ3n) is 2.95. The van der Waals surface area contributed by atoms with Gasteiger partial charge < -0.3 is 4.90 Å². The van der Waals surface area contributed by atoms with Crippen LogP contribution in [0.15, 0.2) is 23.1 Å². The van der Waals surface area contributed by atoms with Crippen LogP contribution in [0.3, 0.4) is 0 Å². The van der Waals surface area contributed by atoms with E-state index in [1.165, 1.54) is 22.5 Å². The third kappa shape index (κ3) is 4.68. The Bertz CT molecular complexity index is 624. The molecule has 7 heteroatoms. The fourth-order valence-electron chi connectivity index (χ4n) is 1.82. The van der Waals surface area contributed by atoms with Crippen LogP contribution >= 0.6 is 11.6 Å². The van der Waals surface area contributed by atoms with Crippen molar-refractivity contribution in [3.8, 4) is 6.07 Å². The quantitative estimate of drug-likeness (QED) is 0.769. The van der Waals surface area contributed by atoms with Gasteiger partial charge in [0, 0.05) is 19.6 Å². The smallest absolute Gasteiger partial charge is 0.244 e. The largest absolute Gasteiger partial charge is 0.308 e. The van der Waals surface area contributed by atoms with E-state index in [1.54, 1.807) is 0 Å². The summed E-state index contributed by atoms with van der Waals surface area (Å²) < 4.78 is 26.9. The second-order valence-electron chi connectivity index (χ2n) is 4.96. The van der Waals surface area contributed by atoms with Gasteiger partial charge in [0.05, 0.1) is 16.7 Å². The van der Waals surface area contributed by atoms with Crippen LogP contribution in [-0.4, -0.2) is 51.4 Å². The molecule has 0 unspecified atom stereocenters. The molecular formula is C14H20ClN3O2S. The van der Waals surface area contributed by atoms with Crippen molar-refractivity contribution in [2.24, 2.45) is 0 Å². The Kier molecular flexibility index (Phi) is 6.62. The van der Waals surface area contributed by atoms with Crippen molar-refractivity contribution in [1.82, 2.24) is 9.21 Å². The molecule has 0 saturated carbocycles. The summed E-state index contributed by atoms with van der Waals surface area (Å²) >= 11 is 6.02. The molecule has 0 amide bonds. The number of halogens is 1. The summed E-state index contributed by atoms with van der Waals surface area (Å²) in [5, 5.41) is 9.07. The Labute approximate surface area is 131 Å². The highest BCUT2D eigenvalue weighted by Crippen LogP contribution is 2.25. The maximum Gasteiger partial charge on any atom is 0.244 e. The second kappa shape index (κ2) is 7.76. The van der Waals surface area contributed by atoms with E-state index in [-0.39, 0.29) is 15.5 Å². The number of hydrogen-bond donors (Lipinski definition) is 0. The van der Waals surface area contributed by atoms with Gasteiger partial charge >= 0.3 is 0 Å². The highest BCUT2D eigenvalue weighted by atomic mass is 35.5. The summed E-state index contributed by atoms with van der Waals surface area (Å²) in [5.74, 6) is 0. The number of hydrogen-bond acceptors (Lipinski definition) is 4. The number of nitrogens with zero attached hydrogens (tertiary/aromatic N) is 3. The lowest BCUT2D eigenvalue weighted by Crippen LogP contribution is -2.37. The van der Waals surface area contributed by atoms with Crippen molar-refractivity contribution in [1.29, 1.82) is 5.26 Å². The highest BCUT2D eigenvalue weighted by molar-refractivity contribution is 7.89. The molecule has 0 heterocycles. The maximum atomic E-state index is 12.7. The summed E-state index contributed by atoms with van der Waals surface area (Å²) in [6, 6.07) is 6.22. The predicted octanol–water partition coefficient (Wildman–Crippen LogP) is 2.17. The Morgan fingerprint density at radius 3 is 2.43 bits per heavy atom. The third-order valence-corrected chi connectivity index (χ3v) is 5.33. The highest BCUT2D eigenvalue weighted by Gasteiger charge is 2.26. The molecular weight excluding hydrogens is 310 g/mol. The Balaban J connectivity index is 3.19. The van der Waals surface area contributed by atoms with E-state index in [0.717, 1.165) is 0 Å². The standard InChI is InChI=1S/C14H20ClN3O2S/c1-4-7-18(9-8-17(2)3)21(19,20)14-10-12(11-16)5-6-13(14)15/h5-6,10H,4,7-9H2,1-3H3. The van der Waals surface area contributed by atoms with E-state index < -0.39 is 10.0 Å². The van der Waals surface area contributed by atoms with E-state index in [9.17, 15) is 8.42 Å². The average molecular weight is 330 g/mol. The van der Waals surface area contributed by atoms with Gasteiger partial charge in [0.15, 0.2) is 0 Å². The first kappa shape index (κ1) is 17.9. The minimum absolute atomic E-state index is 0.00424. The van der Waals surface area contributed by atoms with Gasteiger partial charge in [-0.1, -0.05) is 18.5 Å². The first-order valence-corrected chi connectivity index (χ1v) is 8.49. The van der Waals surface area contributed by atoms with Crippen LogP contribution in [-0.2, 0) is 10.0 Å². The molecule has 0 bridgehead atoms. The molecule has 0 aliphatic carbocycles. The zero-order chi connectivity index (χ0) is 16.0. The molecule has 0 spiro atoms. The monoisotopic (exact) mass is 329 g/mol. The number of sulfonamides is 1. The average Bonchev–Trinajstić information content (AvgIpc) is 2.43. The van der Waals surface area contributed by atoms with Gasteiger partial charge in [-0.15, -0.1) is 0 Å². The lowest BCUT2D eigenvalue weighted by Gasteiger charge is -2.23. The number of likely N-dealkylation sites (N-methyl/N-ethyl adjacent to an activating group) is 1. The number of rotatable bonds is 7. The summed E-state index contributed by atoms with van der Waals surface area (Å²) in [6.45, 7) is 3.35. The van der Waals surface area contributed by atoms with Crippen LogP contribution in [0.5, 0.6) is 0 Å². The molecule has 0 fully saturated rings. The SMILES string of the molecule is CCCN(CCN(C)C)S(=O)(=O)c1cc(C#N)ccc1Cl. The van der Waals surface area contributed by atoms with Gasteiger partial charge in [0.2, 0.25) is 10.0 Å². The summed E-state index contributed by atoms with van der Waals surface area (Å²) in [6.07, 6.45) is 0.711. The van der Waals surface area contributed by atoms with E-state index in [4.69, 9.17) is 16.9 Å². The molecule has 0 N–H and O–H groups in total. The minimum atomic E-state index is -3.70. The zero-order valence-corrected chi connectivity index (χ0v) is 14.1. The molecule has 0 aliphatic heterocycles. The zero-order valence-electron chi connectivity index (χ0n) is 12.5.